The molecule has 0 bridgehead atoms. The lowest BCUT2D eigenvalue weighted by Crippen LogP contribution is -1.99. The van der Waals surface area contributed by atoms with E-state index in [1.807, 2.05) is 42.5 Å². The van der Waals surface area contributed by atoms with Gasteiger partial charge in [-0.3, -0.25) is 0 Å². The Morgan fingerprint density at radius 2 is 2.05 bits per heavy atom. The number of aromatic nitrogens is 1. The Bertz CT molecular complexity index is 726. The number of nitrogens with zero attached hydrogens (tertiary/aromatic N) is 1. The van der Waals surface area contributed by atoms with E-state index in [2.05, 4.69) is 26.2 Å². The molecule has 1 heterocycles. The third kappa shape index (κ3) is 2.74. The SMILES string of the molecule is Clc1cccc(NCc2nc3cccc(Br)c3o2)c1. The number of benzene rings is 2. The van der Waals surface area contributed by atoms with E-state index in [0.717, 1.165) is 21.3 Å². The molecule has 0 atom stereocenters. The van der Waals surface area contributed by atoms with Crippen LogP contribution >= 0.6 is 27.5 Å². The minimum atomic E-state index is 0.515. The molecule has 1 aromatic heterocycles. The topological polar surface area (TPSA) is 38.1 Å². The summed E-state index contributed by atoms with van der Waals surface area (Å²) in [6.45, 7) is 0.515. The average molecular weight is 338 g/mol. The molecule has 0 saturated carbocycles. The third-order valence-electron chi connectivity index (χ3n) is 2.68. The highest BCUT2D eigenvalue weighted by Crippen LogP contribution is 2.25. The number of hydrogen-bond acceptors (Lipinski definition) is 3. The van der Waals surface area contributed by atoms with E-state index in [0.29, 0.717) is 17.5 Å². The Hall–Kier alpha value is -1.52. The van der Waals surface area contributed by atoms with Gasteiger partial charge in [-0.2, -0.15) is 0 Å². The quantitative estimate of drug-likeness (QED) is 0.742. The van der Waals surface area contributed by atoms with Crippen LogP contribution in [0.4, 0.5) is 5.69 Å². The van der Waals surface area contributed by atoms with Gasteiger partial charge in [-0.15, -0.1) is 0 Å². The van der Waals surface area contributed by atoms with Crippen molar-refractivity contribution in [1.82, 2.24) is 4.98 Å². The van der Waals surface area contributed by atoms with Crippen molar-refractivity contribution in [3.05, 3.63) is 57.9 Å². The molecule has 3 aromatic rings. The molecule has 0 aliphatic carbocycles. The van der Waals surface area contributed by atoms with Crippen LogP contribution < -0.4 is 5.32 Å². The maximum atomic E-state index is 5.93. The second kappa shape index (κ2) is 5.23. The Labute approximate surface area is 123 Å². The summed E-state index contributed by atoms with van der Waals surface area (Å²) in [7, 11) is 0. The number of oxazole rings is 1. The van der Waals surface area contributed by atoms with Gasteiger partial charge in [-0.1, -0.05) is 23.7 Å². The maximum absolute atomic E-state index is 5.93. The van der Waals surface area contributed by atoms with Gasteiger partial charge in [-0.05, 0) is 46.3 Å². The molecular formula is C14H10BrClN2O. The van der Waals surface area contributed by atoms with Gasteiger partial charge < -0.3 is 9.73 Å². The molecule has 1 N–H and O–H groups in total. The molecule has 3 nitrogen and oxygen atoms in total. The van der Waals surface area contributed by atoms with Gasteiger partial charge in [0, 0.05) is 10.7 Å². The van der Waals surface area contributed by atoms with Gasteiger partial charge in [0.1, 0.15) is 5.52 Å². The lowest BCUT2D eigenvalue weighted by Gasteiger charge is -2.03. The number of halogens is 2. The van der Waals surface area contributed by atoms with Crippen LogP contribution in [0.3, 0.4) is 0 Å². The van der Waals surface area contributed by atoms with Crippen molar-refractivity contribution in [3.63, 3.8) is 0 Å². The average Bonchev–Trinajstić information content (AvgIpc) is 2.81. The predicted octanol–water partition coefficient (Wildman–Crippen LogP) is 4.86. The molecule has 0 amide bonds. The van der Waals surface area contributed by atoms with Gasteiger partial charge in [0.05, 0.1) is 11.0 Å². The lowest BCUT2D eigenvalue weighted by molar-refractivity contribution is 0.539. The Balaban J connectivity index is 1.80. The van der Waals surface area contributed by atoms with Crippen molar-refractivity contribution < 1.29 is 4.42 Å². The molecule has 0 radical (unpaired) electrons. The van der Waals surface area contributed by atoms with E-state index >= 15 is 0 Å². The van der Waals surface area contributed by atoms with Crippen LogP contribution in [0.5, 0.6) is 0 Å². The first-order chi connectivity index (χ1) is 9.22. The van der Waals surface area contributed by atoms with Gasteiger partial charge in [0.2, 0.25) is 5.89 Å². The highest BCUT2D eigenvalue weighted by molar-refractivity contribution is 9.10. The second-order valence-corrected chi connectivity index (χ2v) is 5.35. The summed E-state index contributed by atoms with van der Waals surface area (Å²) in [5.74, 6) is 0.641. The van der Waals surface area contributed by atoms with Crippen LogP contribution in [0.1, 0.15) is 5.89 Å². The first kappa shape index (κ1) is 12.5. The van der Waals surface area contributed by atoms with E-state index < -0.39 is 0 Å². The zero-order chi connectivity index (χ0) is 13.2. The van der Waals surface area contributed by atoms with Crippen molar-refractivity contribution >= 4 is 44.3 Å². The summed E-state index contributed by atoms with van der Waals surface area (Å²) in [6, 6.07) is 13.3. The molecule has 2 aromatic carbocycles. The fourth-order valence-corrected chi connectivity index (χ4v) is 2.44. The summed E-state index contributed by atoms with van der Waals surface area (Å²) in [5.41, 5.74) is 2.55. The smallest absolute Gasteiger partial charge is 0.214 e. The van der Waals surface area contributed by atoms with Gasteiger partial charge >= 0.3 is 0 Å². The first-order valence-corrected chi connectivity index (χ1v) is 6.93. The summed E-state index contributed by atoms with van der Waals surface area (Å²) in [5, 5.41) is 3.93. The number of rotatable bonds is 3. The number of anilines is 1. The Kier molecular flexibility index (Phi) is 3.44. The minimum Gasteiger partial charge on any atom is -0.438 e. The second-order valence-electron chi connectivity index (χ2n) is 4.06. The van der Waals surface area contributed by atoms with Crippen LogP contribution in [0.15, 0.2) is 51.4 Å². The number of fused-ring (bicyclic) bond motifs is 1. The van der Waals surface area contributed by atoms with Crippen molar-refractivity contribution in [2.24, 2.45) is 0 Å². The fourth-order valence-electron chi connectivity index (χ4n) is 1.81. The predicted molar refractivity (Wildman–Crippen MR) is 80.5 cm³/mol. The Morgan fingerprint density at radius 1 is 1.21 bits per heavy atom. The van der Waals surface area contributed by atoms with Crippen LogP contribution in [-0.4, -0.2) is 4.98 Å². The van der Waals surface area contributed by atoms with Crippen molar-refractivity contribution in [3.8, 4) is 0 Å². The Morgan fingerprint density at radius 3 is 2.84 bits per heavy atom. The summed E-state index contributed by atoms with van der Waals surface area (Å²) >= 11 is 9.37. The van der Waals surface area contributed by atoms with Crippen LogP contribution in [-0.2, 0) is 6.54 Å². The van der Waals surface area contributed by atoms with Crippen molar-refractivity contribution in [1.29, 1.82) is 0 Å². The molecule has 3 rings (SSSR count). The molecule has 0 spiro atoms. The van der Waals surface area contributed by atoms with E-state index in [9.17, 15) is 0 Å². The zero-order valence-corrected chi connectivity index (χ0v) is 12.2. The molecule has 96 valence electrons. The summed E-state index contributed by atoms with van der Waals surface area (Å²) in [4.78, 5) is 4.42. The van der Waals surface area contributed by atoms with Crippen molar-refractivity contribution in [2.75, 3.05) is 5.32 Å². The lowest BCUT2D eigenvalue weighted by atomic mass is 10.3. The van der Waals surface area contributed by atoms with Crippen molar-refractivity contribution in [2.45, 2.75) is 6.54 Å². The normalized spacial score (nSPS) is 10.8. The van der Waals surface area contributed by atoms with Crippen LogP contribution in [0, 0.1) is 0 Å². The highest BCUT2D eigenvalue weighted by Gasteiger charge is 2.07. The highest BCUT2D eigenvalue weighted by atomic mass is 79.9. The molecule has 0 aliphatic heterocycles. The third-order valence-corrected chi connectivity index (χ3v) is 3.54. The summed E-state index contributed by atoms with van der Waals surface area (Å²) < 4.78 is 6.61. The van der Waals surface area contributed by atoms with E-state index in [1.165, 1.54) is 0 Å². The molecule has 0 saturated heterocycles. The standard InChI is InChI=1S/C14H10BrClN2O/c15-11-5-2-6-12-14(11)19-13(18-12)8-17-10-4-1-3-9(16)7-10/h1-7,17H,8H2. The monoisotopic (exact) mass is 336 g/mol. The first-order valence-electron chi connectivity index (χ1n) is 5.76. The molecule has 19 heavy (non-hydrogen) atoms. The van der Waals surface area contributed by atoms with Crippen LogP contribution in [0.25, 0.3) is 11.1 Å². The molecule has 0 unspecified atom stereocenters. The van der Waals surface area contributed by atoms with Gasteiger partial charge in [0.25, 0.3) is 0 Å². The zero-order valence-electron chi connectivity index (χ0n) is 9.86. The number of nitrogens with one attached hydrogen (secondary N) is 1. The van der Waals surface area contributed by atoms with Gasteiger partial charge in [-0.25, -0.2) is 4.98 Å². The van der Waals surface area contributed by atoms with Gasteiger partial charge in [0.15, 0.2) is 5.58 Å². The largest absolute Gasteiger partial charge is 0.438 e. The molecular weight excluding hydrogens is 328 g/mol. The van der Waals surface area contributed by atoms with E-state index in [-0.39, 0.29) is 0 Å². The minimum absolute atomic E-state index is 0.515. The number of para-hydroxylation sites is 1. The van der Waals surface area contributed by atoms with E-state index in [4.69, 9.17) is 16.0 Å². The molecule has 0 fully saturated rings. The summed E-state index contributed by atoms with van der Waals surface area (Å²) in [6.07, 6.45) is 0. The fraction of sp³-hybridized carbons (Fsp3) is 0.0714. The molecule has 5 heteroatoms. The van der Waals surface area contributed by atoms with E-state index in [1.54, 1.807) is 0 Å². The van der Waals surface area contributed by atoms with Crippen LogP contribution in [0.2, 0.25) is 5.02 Å². The molecule has 0 aliphatic rings. The number of hydrogen-bond donors (Lipinski definition) is 1. The maximum Gasteiger partial charge on any atom is 0.214 e.